The van der Waals surface area contributed by atoms with Gasteiger partial charge in [-0.1, -0.05) is 6.07 Å². The second kappa shape index (κ2) is 4.63. The van der Waals surface area contributed by atoms with Crippen LogP contribution in [0, 0.1) is 0 Å². The van der Waals surface area contributed by atoms with Gasteiger partial charge in [0.05, 0.1) is 13.7 Å². The number of aryl methyl sites for hydroxylation is 1. The van der Waals surface area contributed by atoms with Gasteiger partial charge in [0.15, 0.2) is 0 Å². The van der Waals surface area contributed by atoms with Crippen molar-refractivity contribution in [2.75, 3.05) is 12.0 Å². The first-order valence-electron chi connectivity index (χ1n) is 7.22. The molecule has 0 spiro atoms. The molecule has 110 valence electrons. The number of nitrogens with zero attached hydrogens (tertiary/aromatic N) is 2. The zero-order valence-electron chi connectivity index (χ0n) is 12.5. The standard InChI is InChI=1S/C18H16N2O2/c1-19-9-8-12-10-13(6-7-16(12)19)20-11-15-14(18(20)21)4-3-5-17(15)22-2/h3-10H,11H2,1-2H3. The summed E-state index contributed by atoms with van der Waals surface area (Å²) in [6, 6.07) is 13.8. The molecule has 4 heteroatoms. The van der Waals surface area contributed by atoms with Crippen molar-refractivity contribution in [3.05, 3.63) is 59.8 Å². The highest BCUT2D eigenvalue weighted by molar-refractivity contribution is 6.11. The number of methoxy groups -OCH3 is 1. The molecule has 1 aromatic heterocycles. The van der Waals surface area contributed by atoms with Crippen LogP contribution >= 0.6 is 0 Å². The van der Waals surface area contributed by atoms with Crippen molar-refractivity contribution in [2.24, 2.45) is 7.05 Å². The van der Waals surface area contributed by atoms with Crippen molar-refractivity contribution in [1.29, 1.82) is 0 Å². The van der Waals surface area contributed by atoms with Crippen LogP contribution in [0.3, 0.4) is 0 Å². The van der Waals surface area contributed by atoms with E-state index in [-0.39, 0.29) is 5.91 Å². The van der Waals surface area contributed by atoms with E-state index < -0.39 is 0 Å². The number of ether oxygens (including phenoxy) is 1. The average Bonchev–Trinajstić information content (AvgIpc) is 3.08. The SMILES string of the molecule is COc1cccc2c1CN(c1ccc3c(ccn3C)c1)C2=O. The highest BCUT2D eigenvalue weighted by Crippen LogP contribution is 2.34. The third-order valence-electron chi connectivity index (χ3n) is 4.33. The van der Waals surface area contributed by atoms with Gasteiger partial charge in [-0.3, -0.25) is 4.79 Å². The Bertz CT molecular complexity index is 895. The number of hydrogen-bond donors (Lipinski definition) is 0. The van der Waals surface area contributed by atoms with Crippen molar-refractivity contribution in [3.8, 4) is 5.75 Å². The van der Waals surface area contributed by atoms with Crippen LogP contribution in [0.15, 0.2) is 48.7 Å². The molecule has 1 aliphatic heterocycles. The number of benzene rings is 2. The van der Waals surface area contributed by atoms with Crippen molar-refractivity contribution in [3.63, 3.8) is 0 Å². The van der Waals surface area contributed by atoms with Gasteiger partial charge in [-0.05, 0) is 36.4 Å². The molecule has 1 aliphatic rings. The van der Waals surface area contributed by atoms with Gasteiger partial charge >= 0.3 is 0 Å². The summed E-state index contributed by atoms with van der Waals surface area (Å²) >= 11 is 0. The van der Waals surface area contributed by atoms with Gasteiger partial charge in [-0.25, -0.2) is 0 Å². The molecule has 4 rings (SSSR count). The van der Waals surface area contributed by atoms with Gasteiger partial charge in [-0.15, -0.1) is 0 Å². The molecule has 0 saturated carbocycles. The number of aromatic nitrogens is 1. The minimum atomic E-state index is 0.0316. The summed E-state index contributed by atoms with van der Waals surface area (Å²) in [7, 11) is 3.66. The van der Waals surface area contributed by atoms with E-state index in [4.69, 9.17) is 4.74 Å². The Balaban J connectivity index is 1.78. The molecule has 2 heterocycles. The van der Waals surface area contributed by atoms with Gasteiger partial charge in [0.2, 0.25) is 0 Å². The molecule has 0 saturated heterocycles. The molecule has 1 amide bonds. The summed E-state index contributed by atoms with van der Waals surface area (Å²) in [6.07, 6.45) is 2.03. The van der Waals surface area contributed by atoms with Gasteiger partial charge in [0, 0.05) is 41.0 Å². The fourth-order valence-electron chi connectivity index (χ4n) is 3.14. The third-order valence-corrected chi connectivity index (χ3v) is 4.33. The van der Waals surface area contributed by atoms with Gasteiger partial charge in [0.1, 0.15) is 5.75 Å². The quantitative estimate of drug-likeness (QED) is 0.726. The largest absolute Gasteiger partial charge is 0.496 e. The number of rotatable bonds is 2. The van der Waals surface area contributed by atoms with Crippen LogP contribution < -0.4 is 9.64 Å². The molecule has 0 bridgehead atoms. The Kier molecular flexibility index (Phi) is 2.73. The van der Waals surface area contributed by atoms with Crippen LogP contribution in [0.4, 0.5) is 5.69 Å². The number of hydrogen-bond acceptors (Lipinski definition) is 2. The fourth-order valence-corrected chi connectivity index (χ4v) is 3.14. The Morgan fingerprint density at radius 1 is 1.14 bits per heavy atom. The maximum absolute atomic E-state index is 12.7. The summed E-state index contributed by atoms with van der Waals surface area (Å²) in [5, 5.41) is 1.13. The molecule has 22 heavy (non-hydrogen) atoms. The lowest BCUT2D eigenvalue weighted by molar-refractivity contribution is 0.0996. The lowest BCUT2D eigenvalue weighted by Gasteiger charge is -2.16. The molecular formula is C18H16N2O2. The van der Waals surface area contributed by atoms with E-state index in [1.54, 1.807) is 12.0 Å². The topological polar surface area (TPSA) is 34.5 Å². The third kappa shape index (κ3) is 1.73. The molecule has 4 nitrogen and oxygen atoms in total. The van der Waals surface area contributed by atoms with Crippen molar-refractivity contribution in [2.45, 2.75) is 6.54 Å². The van der Waals surface area contributed by atoms with Crippen molar-refractivity contribution >= 4 is 22.5 Å². The summed E-state index contributed by atoms with van der Waals surface area (Å²) in [5.41, 5.74) is 3.77. The second-order valence-corrected chi connectivity index (χ2v) is 5.55. The Labute approximate surface area is 128 Å². The van der Waals surface area contributed by atoms with E-state index in [0.717, 1.165) is 33.5 Å². The maximum atomic E-state index is 12.7. The van der Waals surface area contributed by atoms with Crippen LogP contribution in [0.1, 0.15) is 15.9 Å². The molecule has 0 fully saturated rings. The average molecular weight is 292 g/mol. The highest BCUT2D eigenvalue weighted by Gasteiger charge is 2.30. The first-order chi connectivity index (χ1) is 10.7. The Morgan fingerprint density at radius 2 is 2.00 bits per heavy atom. The van der Waals surface area contributed by atoms with E-state index in [1.807, 2.05) is 37.5 Å². The van der Waals surface area contributed by atoms with Crippen molar-refractivity contribution < 1.29 is 9.53 Å². The summed E-state index contributed by atoms with van der Waals surface area (Å²) in [4.78, 5) is 14.5. The molecular weight excluding hydrogens is 276 g/mol. The van der Waals surface area contributed by atoms with Crippen LogP contribution in [0.5, 0.6) is 5.75 Å². The smallest absolute Gasteiger partial charge is 0.259 e. The summed E-state index contributed by atoms with van der Waals surface area (Å²) in [5.74, 6) is 0.804. The summed E-state index contributed by atoms with van der Waals surface area (Å²) < 4.78 is 7.45. The Hall–Kier alpha value is -2.75. The fraction of sp³-hybridized carbons (Fsp3) is 0.167. The summed E-state index contributed by atoms with van der Waals surface area (Å²) in [6.45, 7) is 0.552. The first-order valence-corrected chi connectivity index (χ1v) is 7.22. The van der Waals surface area contributed by atoms with Crippen LogP contribution in [-0.4, -0.2) is 17.6 Å². The predicted octanol–water partition coefficient (Wildman–Crippen LogP) is 3.35. The molecule has 0 atom stereocenters. The molecule has 0 N–H and O–H groups in total. The van der Waals surface area contributed by atoms with Gasteiger partial charge < -0.3 is 14.2 Å². The van der Waals surface area contributed by atoms with E-state index >= 15 is 0 Å². The second-order valence-electron chi connectivity index (χ2n) is 5.55. The zero-order chi connectivity index (χ0) is 15.3. The number of carbonyl (C=O) groups excluding carboxylic acids is 1. The van der Waals surface area contributed by atoms with Crippen LogP contribution in [0.2, 0.25) is 0 Å². The molecule has 0 radical (unpaired) electrons. The zero-order valence-corrected chi connectivity index (χ0v) is 12.5. The Morgan fingerprint density at radius 3 is 2.82 bits per heavy atom. The van der Waals surface area contributed by atoms with Gasteiger partial charge in [0.25, 0.3) is 5.91 Å². The first kappa shape index (κ1) is 13.0. The number of anilines is 1. The molecule has 0 aliphatic carbocycles. The highest BCUT2D eigenvalue weighted by atomic mass is 16.5. The van der Waals surface area contributed by atoms with Crippen LogP contribution in [0.25, 0.3) is 10.9 Å². The van der Waals surface area contributed by atoms with E-state index in [0.29, 0.717) is 6.54 Å². The lowest BCUT2D eigenvalue weighted by Crippen LogP contribution is -2.22. The minimum Gasteiger partial charge on any atom is -0.496 e. The van der Waals surface area contributed by atoms with E-state index in [2.05, 4.69) is 22.8 Å². The lowest BCUT2D eigenvalue weighted by atomic mass is 10.1. The number of carbonyl (C=O) groups is 1. The number of fused-ring (bicyclic) bond motifs is 2. The molecule has 3 aromatic rings. The molecule has 2 aromatic carbocycles. The monoisotopic (exact) mass is 292 g/mol. The maximum Gasteiger partial charge on any atom is 0.259 e. The van der Waals surface area contributed by atoms with E-state index in [1.165, 1.54) is 0 Å². The molecule has 0 unspecified atom stereocenters. The number of amides is 1. The predicted molar refractivity (Wildman–Crippen MR) is 86.4 cm³/mol. The van der Waals surface area contributed by atoms with E-state index in [9.17, 15) is 4.79 Å². The normalized spacial score (nSPS) is 13.7. The minimum absolute atomic E-state index is 0.0316. The van der Waals surface area contributed by atoms with Gasteiger partial charge in [-0.2, -0.15) is 0 Å². The van der Waals surface area contributed by atoms with Crippen LogP contribution in [-0.2, 0) is 13.6 Å². The van der Waals surface area contributed by atoms with Crippen molar-refractivity contribution in [1.82, 2.24) is 4.57 Å².